The molecule has 4 nitrogen and oxygen atoms in total. The molecule has 0 saturated carbocycles. The van der Waals surface area contributed by atoms with E-state index < -0.39 is 11.7 Å². The van der Waals surface area contributed by atoms with E-state index in [0.29, 0.717) is 17.3 Å². The van der Waals surface area contributed by atoms with Crippen LogP contribution in [-0.4, -0.2) is 15.0 Å². The first-order chi connectivity index (χ1) is 11.4. The number of aromatic nitrogens is 3. The SMILES string of the molecule is FC(F)(F)c1ccc(Nc2cc(Cl)nc(-c3ccncc3)n2)cc1. The fourth-order valence-electron chi connectivity index (χ4n) is 2.00. The number of rotatable bonds is 3. The van der Waals surface area contributed by atoms with E-state index in [0.717, 1.165) is 17.7 Å². The predicted molar refractivity (Wildman–Crippen MR) is 85.0 cm³/mol. The van der Waals surface area contributed by atoms with E-state index in [1.165, 1.54) is 18.2 Å². The highest BCUT2D eigenvalue weighted by Crippen LogP contribution is 2.30. The summed E-state index contributed by atoms with van der Waals surface area (Å²) in [5, 5.41) is 3.13. The van der Waals surface area contributed by atoms with Gasteiger partial charge < -0.3 is 5.32 Å². The van der Waals surface area contributed by atoms with E-state index in [1.807, 2.05) is 0 Å². The van der Waals surface area contributed by atoms with Gasteiger partial charge >= 0.3 is 6.18 Å². The molecule has 2 heterocycles. The average molecular weight is 351 g/mol. The number of alkyl halides is 3. The zero-order chi connectivity index (χ0) is 17.2. The number of pyridine rings is 1. The molecule has 24 heavy (non-hydrogen) atoms. The number of hydrogen-bond acceptors (Lipinski definition) is 4. The Kier molecular flexibility index (Phi) is 4.35. The van der Waals surface area contributed by atoms with Crippen LogP contribution in [0.1, 0.15) is 5.56 Å². The van der Waals surface area contributed by atoms with Crippen molar-refractivity contribution in [3.8, 4) is 11.4 Å². The Balaban J connectivity index is 1.87. The maximum atomic E-state index is 12.6. The van der Waals surface area contributed by atoms with Gasteiger partial charge in [-0.15, -0.1) is 0 Å². The van der Waals surface area contributed by atoms with Crippen LogP contribution in [0.2, 0.25) is 5.15 Å². The third-order valence-corrected chi connectivity index (χ3v) is 3.31. The lowest BCUT2D eigenvalue weighted by Crippen LogP contribution is -2.04. The molecule has 1 N–H and O–H groups in total. The van der Waals surface area contributed by atoms with Gasteiger partial charge in [0.25, 0.3) is 0 Å². The van der Waals surface area contributed by atoms with Crippen molar-refractivity contribution in [2.45, 2.75) is 6.18 Å². The summed E-state index contributed by atoms with van der Waals surface area (Å²) in [6.45, 7) is 0. The highest BCUT2D eigenvalue weighted by Gasteiger charge is 2.29. The zero-order valence-corrected chi connectivity index (χ0v) is 12.8. The van der Waals surface area contributed by atoms with Gasteiger partial charge in [0.1, 0.15) is 11.0 Å². The first-order valence-corrected chi connectivity index (χ1v) is 7.19. The first kappa shape index (κ1) is 16.2. The molecule has 0 aliphatic rings. The van der Waals surface area contributed by atoms with Crippen molar-refractivity contribution >= 4 is 23.1 Å². The van der Waals surface area contributed by atoms with E-state index in [4.69, 9.17) is 11.6 Å². The summed E-state index contributed by atoms with van der Waals surface area (Å²) in [5.74, 6) is 0.765. The van der Waals surface area contributed by atoms with E-state index in [2.05, 4.69) is 20.3 Å². The van der Waals surface area contributed by atoms with Crippen molar-refractivity contribution in [1.29, 1.82) is 0 Å². The number of nitrogens with one attached hydrogen (secondary N) is 1. The van der Waals surface area contributed by atoms with Gasteiger partial charge in [0.2, 0.25) is 0 Å². The van der Waals surface area contributed by atoms with Crippen LogP contribution < -0.4 is 5.32 Å². The molecule has 0 aliphatic heterocycles. The summed E-state index contributed by atoms with van der Waals surface area (Å²) in [5.41, 5.74) is 0.465. The van der Waals surface area contributed by atoms with Crippen LogP contribution in [0, 0.1) is 0 Å². The summed E-state index contributed by atoms with van der Waals surface area (Å²) in [6.07, 6.45) is -1.17. The van der Waals surface area contributed by atoms with Crippen molar-refractivity contribution in [1.82, 2.24) is 15.0 Å². The molecule has 0 saturated heterocycles. The monoisotopic (exact) mass is 350 g/mol. The Morgan fingerprint density at radius 2 is 1.58 bits per heavy atom. The Morgan fingerprint density at radius 3 is 2.21 bits per heavy atom. The van der Waals surface area contributed by atoms with Crippen molar-refractivity contribution in [2.24, 2.45) is 0 Å². The van der Waals surface area contributed by atoms with Crippen molar-refractivity contribution < 1.29 is 13.2 Å². The molecule has 2 aromatic heterocycles. The zero-order valence-electron chi connectivity index (χ0n) is 12.0. The molecule has 0 spiro atoms. The molecule has 8 heteroatoms. The highest BCUT2D eigenvalue weighted by atomic mass is 35.5. The predicted octanol–water partition coefficient (Wildman–Crippen LogP) is 4.95. The topological polar surface area (TPSA) is 50.7 Å². The number of benzene rings is 1. The molecule has 0 fully saturated rings. The van der Waals surface area contributed by atoms with E-state index >= 15 is 0 Å². The molecular formula is C16H10ClF3N4. The molecule has 0 unspecified atom stereocenters. The number of hydrogen-bond donors (Lipinski definition) is 1. The summed E-state index contributed by atoms with van der Waals surface area (Å²) in [7, 11) is 0. The lowest BCUT2D eigenvalue weighted by Gasteiger charge is -2.10. The Morgan fingerprint density at radius 1 is 0.917 bits per heavy atom. The molecule has 0 aliphatic carbocycles. The van der Waals surface area contributed by atoms with Crippen LogP contribution in [0.3, 0.4) is 0 Å². The van der Waals surface area contributed by atoms with Gasteiger partial charge in [0.05, 0.1) is 5.56 Å². The third kappa shape index (κ3) is 3.80. The van der Waals surface area contributed by atoms with Gasteiger partial charge in [0.15, 0.2) is 5.82 Å². The normalized spacial score (nSPS) is 11.3. The maximum absolute atomic E-state index is 12.6. The van der Waals surface area contributed by atoms with E-state index in [1.54, 1.807) is 24.5 Å². The van der Waals surface area contributed by atoms with Crippen molar-refractivity contribution in [2.75, 3.05) is 5.32 Å². The second-order valence-corrected chi connectivity index (χ2v) is 5.22. The largest absolute Gasteiger partial charge is 0.416 e. The van der Waals surface area contributed by atoms with Crippen LogP contribution in [0.5, 0.6) is 0 Å². The molecule has 0 amide bonds. The second kappa shape index (κ2) is 6.45. The van der Waals surface area contributed by atoms with Crippen LogP contribution in [0.25, 0.3) is 11.4 Å². The van der Waals surface area contributed by atoms with Gasteiger partial charge in [-0.25, -0.2) is 9.97 Å². The molecule has 1 aromatic carbocycles. The number of anilines is 2. The molecule has 3 rings (SSSR count). The van der Waals surface area contributed by atoms with Crippen LogP contribution in [0.4, 0.5) is 24.7 Å². The first-order valence-electron chi connectivity index (χ1n) is 6.81. The standard InChI is InChI=1S/C16H10ClF3N4/c17-13-9-14(24-15(23-13)10-5-7-21-8-6-10)22-12-3-1-11(2-4-12)16(18,19)20/h1-9H,(H,22,23,24). The molecule has 0 bridgehead atoms. The quantitative estimate of drug-likeness (QED) is 0.679. The highest BCUT2D eigenvalue weighted by molar-refractivity contribution is 6.29. The van der Waals surface area contributed by atoms with E-state index in [9.17, 15) is 13.2 Å². The summed E-state index contributed by atoms with van der Waals surface area (Å²) >= 11 is 6.00. The lowest BCUT2D eigenvalue weighted by atomic mass is 10.2. The summed E-state index contributed by atoms with van der Waals surface area (Å²) < 4.78 is 37.7. The van der Waals surface area contributed by atoms with Gasteiger partial charge in [-0.1, -0.05) is 11.6 Å². The molecular weight excluding hydrogens is 341 g/mol. The van der Waals surface area contributed by atoms with Gasteiger partial charge in [-0.2, -0.15) is 13.2 Å². The Labute approximate surface area is 140 Å². The fourth-order valence-corrected chi connectivity index (χ4v) is 2.19. The summed E-state index contributed by atoms with van der Waals surface area (Å²) in [4.78, 5) is 12.4. The molecule has 0 atom stereocenters. The third-order valence-electron chi connectivity index (χ3n) is 3.12. The minimum absolute atomic E-state index is 0.214. The van der Waals surface area contributed by atoms with Crippen LogP contribution >= 0.6 is 11.6 Å². The maximum Gasteiger partial charge on any atom is 0.416 e. The smallest absolute Gasteiger partial charge is 0.340 e. The molecule has 3 aromatic rings. The summed E-state index contributed by atoms with van der Waals surface area (Å²) in [6, 6.07) is 9.59. The van der Waals surface area contributed by atoms with Gasteiger partial charge in [0, 0.05) is 29.7 Å². The van der Waals surface area contributed by atoms with Crippen molar-refractivity contribution in [3.05, 3.63) is 65.6 Å². The molecule has 122 valence electrons. The lowest BCUT2D eigenvalue weighted by molar-refractivity contribution is -0.137. The Hall–Kier alpha value is -2.67. The van der Waals surface area contributed by atoms with Crippen LogP contribution in [-0.2, 0) is 6.18 Å². The fraction of sp³-hybridized carbons (Fsp3) is 0.0625. The second-order valence-electron chi connectivity index (χ2n) is 4.84. The number of nitrogens with zero attached hydrogens (tertiary/aromatic N) is 3. The minimum Gasteiger partial charge on any atom is -0.340 e. The van der Waals surface area contributed by atoms with Crippen molar-refractivity contribution in [3.63, 3.8) is 0 Å². The minimum atomic E-state index is -4.37. The molecule has 0 radical (unpaired) electrons. The average Bonchev–Trinajstić information content (AvgIpc) is 2.55. The van der Waals surface area contributed by atoms with Gasteiger partial charge in [-0.3, -0.25) is 4.98 Å². The van der Waals surface area contributed by atoms with E-state index in [-0.39, 0.29) is 5.15 Å². The Bertz CT molecular complexity index is 836. The van der Waals surface area contributed by atoms with Crippen LogP contribution in [0.15, 0.2) is 54.9 Å². The van der Waals surface area contributed by atoms with Gasteiger partial charge in [-0.05, 0) is 36.4 Å². The number of halogens is 4.